The molecule has 1 unspecified atom stereocenters. The van der Waals surface area contributed by atoms with Gasteiger partial charge in [-0.05, 0) is 57.7 Å². The van der Waals surface area contributed by atoms with Gasteiger partial charge in [-0.1, -0.05) is 0 Å². The van der Waals surface area contributed by atoms with Crippen molar-refractivity contribution in [2.24, 2.45) is 0 Å². The number of rotatable bonds is 3. The lowest BCUT2D eigenvalue weighted by molar-refractivity contribution is 0.0111. The highest BCUT2D eigenvalue weighted by Crippen LogP contribution is 2.43. The Morgan fingerprint density at radius 2 is 1.82 bits per heavy atom. The highest BCUT2D eigenvalue weighted by Gasteiger charge is 2.50. The number of ether oxygens (including phenoxy) is 1. The molecule has 2 fully saturated rings. The fraction of sp³-hybridized carbons (Fsp3) is 0.478. The predicted molar refractivity (Wildman–Crippen MR) is 116 cm³/mol. The van der Waals surface area contributed by atoms with E-state index in [1.165, 1.54) is 6.20 Å². The number of aromatic nitrogens is 2. The second-order valence-electron chi connectivity index (χ2n) is 9.55. The van der Waals surface area contributed by atoms with Gasteiger partial charge in [-0.15, -0.1) is 5.10 Å². The Bertz CT molecular complexity index is 1080. The number of likely N-dealkylation sites (tertiary alicyclic amines) is 1. The zero-order chi connectivity index (χ0) is 24.0. The van der Waals surface area contributed by atoms with E-state index in [2.05, 4.69) is 10.2 Å². The minimum Gasteiger partial charge on any atom is -0.476 e. The maximum atomic E-state index is 13.9. The Balaban J connectivity index is 1.73. The lowest BCUT2D eigenvalue weighted by atomic mass is 9.95. The van der Waals surface area contributed by atoms with Crippen molar-refractivity contribution in [1.82, 2.24) is 15.1 Å². The zero-order valence-electron chi connectivity index (χ0n) is 18.8. The van der Waals surface area contributed by atoms with E-state index in [1.54, 1.807) is 25.7 Å². The summed E-state index contributed by atoms with van der Waals surface area (Å²) in [6, 6.07) is 3.01. The molecule has 1 spiro atoms. The van der Waals surface area contributed by atoms with Crippen LogP contribution in [0.4, 0.5) is 19.3 Å². The number of amides is 1. The van der Waals surface area contributed by atoms with Crippen molar-refractivity contribution in [1.29, 1.82) is 0 Å². The average molecular weight is 460 g/mol. The summed E-state index contributed by atoms with van der Waals surface area (Å²) < 4.78 is 33.5. The SMILES string of the molecule is CC(C)(C)OC(=O)N1CCCC12CCN(c1c(-c3cc(F)cc(F)c3)cnnc1C(=O)O)C2. The molecule has 4 rings (SSSR count). The van der Waals surface area contributed by atoms with Gasteiger partial charge in [0, 0.05) is 31.3 Å². The molecule has 1 aromatic heterocycles. The smallest absolute Gasteiger partial charge is 0.410 e. The van der Waals surface area contributed by atoms with Crippen LogP contribution < -0.4 is 4.90 Å². The van der Waals surface area contributed by atoms with Crippen LogP contribution in [0.25, 0.3) is 11.1 Å². The molecule has 1 N–H and O–H groups in total. The second kappa shape index (κ2) is 8.24. The van der Waals surface area contributed by atoms with Gasteiger partial charge in [-0.25, -0.2) is 18.4 Å². The molecule has 0 bridgehead atoms. The molecule has 2 aliphatic heterocycles. The van der Waals surface area contributed by atoms with Crippen molar-refractivity contribution in [3.63, 3.8) is 0 Å². The van der Waals surface area contributed by atoms with Crippen LogP contribution in [0.3, 0.4) is 0 Å². The summed E-state index contributed by atoms with van der Waals surface area (Å²) >= 11 is 0. The van der Waals surface area contributed by atoms with Crippen LogP contribution in [0.1, 0.15) is 50.5 Å². The normalized spacial score (nSPS) is 20.5. The van der Waals surface area contributed by atoms with E-state index in [-0.39, 0.29) is 22.5 Å². The molecule has 10 heteroatoms. The molecular formula is C23H26F2N4O4. The van der Waals surface area contributed by atoms with Crippen molar-refractivity contribution < 1.29 is 28.2 Å². The third-order valence-corrected chi connectivity index (χ3v) is 6.06. The minimum absolute atomic E-state index is 0.163. The standard InChI is InChI=1S/C23H26F2N4O4/c1-22(2,3)33-21(32)29-7-4-5-23(29)6-8-28(13-23)19-17(12-26-27-18(19)20(30)31)14-9-15(24)11-16(25)10-14/h9-12H,4-8,13H2,1-3H3,(H,30,31). The van der Waals surface area contributed by atoms with Crippen molar-refractivity contribution in [2.45, 2.75) is 51.2 Å². The third-order valence-electron chi connectivity index (χ3n) is 6.06. The number of anilines is 1. The van der Waals surface area contributed by atoms with Crippen molar-refractivity contribution in [3.8, 4) is 11.1 Å². The molecular weight excluding hydrogens is 434 g/mol. The monoisotopic (exact) mass is 460 g/mol. The summed E-state index contributed by atoms with van der Waals surface area (Å²) in [5, 5.41) is 17.3. The molecule has 0 radical (unpaired) electrons. The Labute approximate surface area is 190 Å². The van der Waals surface area contributed by atoms with E-state index in [4.69, 9.17) is 4.74 Å². The molecule has 1 amide bonds. The van der Waals surface area contributed by atoms with E-state index in [0.717, 1.165) is 31.0 Å². The van der Waals surface area contributed by atoms with Gasteiger partial charge in [0.2, 0.25) is 0 Å². The Hall–Kier alpha value is -3.30. The van der Waals surface area contributed by atoms with Crippen molar-refractivity contribution in [3.05, 3.63) is 41.7 Å². The van der Waals surface area contributed by atoms with Gasteiger partial charge in [0.05, 0.1) is 17.4 Å². The van der Waals surface area contributed by atoms with Gasteiger partial charge in [0.15, 0.2) is 5.69 Å². The Morgan fingerprint density at radius 3 is 2.45 bits per heavy atom. The van der Waals surface area contributed by atoms with Gasteiger partial charge in [-0.2, -0.15) is 5.10 Å². The largest absolute Gasteiger partial charge is 0.476 e. The lowest BCUT2D eigenvalue weighted by Gasteiger charge is -2.36. The highest BCUT2D eigenvalue weighted by molar-refractivity contribution is 5.97. The molecule has 0 saturated carbocycles. The first-order chi connectivity index (χ1) is 15.5. The van der Waals surface area contributed by atoms with Crippen LogP contribution >= 0.6 is 0 Å². The van der Waals surface area contributed by atoms with Crippen LogP contribution in [-0.4, -0.2) is 63.0 Å². The summed E-state index contributed by atoms with van der Waals surface area (Å²) in [5.74, 6) is -2.86. The first-order valence-electron chi connectivity index (χ1n) is 10.8. The van der Waals surface area contributed by atoms with E-state index in [0.29, 0.717) is 26.1 Å². The van der Waals surface area contributed by atoms with E-state index in [9.17, 15) is 23.5 Å². The van der Waals surface area contributed by atoms with E-state index < -0.39 is 34.8 Å². The maximum absolute atomic E-state index is 13.9. The average Bonchev–Trinajstić information content (AvgIpc) is 3.32. The first-order valence-corrected chi connectivity index (χ1v) is 10.8. The van der Waals surface area contributed by atoms with Crippen LogP contribution in [-0.2, 0) is 4.74 Å². The number of carboxylic acid groups (broad SMARTS) is 1. The summed E-state index contributed by atoms with van der Waals surface area (Å²) in [6.45, 7) is 6.76. The molecule has 8 nitrogen and oxygen atoms in total. The topological polar surface area (TPSA) is 95.9 Å². The number of carbonyl (C=O) groups is 2. The predicted octanol–water partition coefficient (Wildman–Crippen LogP) is 4.10. The number of hydrogen-bond donors (Lipinski definition) is 1. The van der Waals surface area contributed by atoms with Crippen LogP contribution in [0.15, 0.2) is 24.4 Å². The fourth-order valence-electron chi connectivity index (χ4n) is 4.78. The summed E-state index contributed by atoms with van der Waals surface area (Å²) in [5.41, 5.74) is -0.812. The van der Waals surface area contributed by atoms with Gasteiger partial charge in [0.25, 0.3) is 0 Å². The molecule has 3 heterocycles. The number of benzene rings is 1. The van der Waals surface area contributed by atoms with Crippen LogP contribution in [0.2, 0.25) is 0 Å². The number of aromatic carboxylic acids is 1. The minimum atomic E-state index is -1.30. The summed E-state index contributed by atoms with van der Waals surface area (Å²) in [4.78, 5) is 28.4. The number of halogens is 2. The molecule has 0 aliphatic carbocycles. The van der Waals surface area contributed by atoms with E-state index in [1.807, 2.05) is 4.90 Å². The summed E-state index contributed by atoms with van der Waals surface area (Å²) in [7, 11) is 0. The molecule has 2 aliphatic rings. The van der Waals surface area contributed by atoms with Crippen LogP contribution in [0.5, 0.6) is 0 Å². The number of carboxylic acids is 1. The molecule has 176 valence electrons. The van der Waals surface area contributed by atoms with Gasteiger partial charge in [-0.3, -0.25) is 0 Å². The lowest BCUT2D eigenvalue weighted by Crippen LogP contribution is -2.50. The zero-order valence-corrected chi connectivity index (χ0v) is 18.8. The number of nitrogens with zero attached hydrogens (tertiary/aromatic N) is 4. The molecule has 2 aromatic rings. The summed E-state index contributed by atoms with van der Waals surface area (Å²) in [6.07, 6.45) is 3.05. The van der Waals surface area contributed by atoms with E-state index >= 15 is 0 Å². The Morgan fingerprint density at radius 1 is 1.12 bits per heavy atom. The molecule has 1 atom stereocenters. The molecule has 2 saturated heterocycles. The number of hydrogen-bond acceptors (Lipinski definition) is 6. The maximum Gasteiger partial charge on any atom is 0.410 e. The second-order valence-corrected chi connectivity index (χ2v) is 9.55. The quantitative estimate of drug-likeness (QED) is 0.737. The fourth-order valence-corrected chi connectivity index (χ4v) is 4.78. The third kappa shape index (κ3) is 4.46. The Kier molecular flexibility index (Phi) is 5.71. The van der Waals surface area contributed by atoms with Crippen molar-refractivity contribution in [2.75, 3.05) is 24.5 Å². The van der Waals surface area contributed by atoms with Crippen molar-refractivity contribution >= 4 is 17.7 Å². The van der Waals surface area contributed by atoms with Gasteiger partial charge < -0.3 is 19.6 Å². The van der Waals surface area contributed by atoms with Gasteiger partial charge in [0.1, 0.15) is 17.2 Å². The molecule has 1 aromatic carbocycles. The number of carbonyl (C=O) groups excluding carboxylic acids is 1. The first kappa shape index (κ1) is 22.9. The van der Waals surface area contributed by atoms with Gasteiger partial charge >= 0.3 is 12.1 Å². The molecule has 33 heavy (non-hydrogen) atoms. The van der Waals surface area contributed by atoms with Crippen LogP contribution in [0, 0.1) is 11.6 Å². The highest BCUT2D eigenvalue weighted by atomic mass is 19.1.